The van der Waals surface area contributed by atoms with E-state index in [-0.39, 0.29) is 10.8 Å². The molecule has 2 heterocycles. The Morgan fingerprint density at radius 3 is 2.70 bits per heavy atom. The van der Waals surface area contributed by atoms with Gasteiger partial charge in [0.1, 0.15) is 11.6 Å². The van der Waals surface area contributed by atoms with E-state index in [1.54, 1.807) is 13.3 Å². The lowest BCUT2D eigenvalue weighted by Crippen LogP contribution is -2.32. The lowest BCUT2D eigenvalue weighted by Gasteiger charge is -2.27. The Hall–Kier alpha value is -1.77. The van der Waals surface area contributed by atoms with E-state index in [0.29, 0.717) is 0 Å². The molecule has 2 aliphatic rings. The minimum atomic E-state index is -0.307. The van der Waals surface area contributed by atoms with Gasteiger partial charge in [-0.1, -0.05) is 23.7 Å². The van der Waals surface area contributed by atoms with Crippen LogP contribution in [0, 0.1) is 16.7 Å². The molecule has 1 aromatic heterocycles. The number of halogens is 2. The molecule has 1 aliphatic carbocycles. The van der Waals surface area contributed by atoms with Crippen molar-refractivity contribution in [2.24, 2.45) is 5.41 Å². The second-order valence-electron chi connectivity index (χ2n) is 7.95. The molecule has 27 heavy (non-hydrogen) atoms. The van der Waals surface area contributed by atoms with Crippen LogP contribution < -0.4 is 9.64 Å². The lowest BCUT2D eigenvalue weighted by molar-refractivity contribution is 0.395. The minimum absolute atomic E-state index is 0.111. The van der Waals surface area contributed by atoms with E-state index in [0.717, 1.165) is 59.0 Å². The molecule has 1 fully saturated rings. The van der Waals surface area contributed by atoms with Crippen LogP contribution in [0.3, 0.4) is 0 Å². The molecule has 1 aliphatic heterocycles. The summed E-state index contributed by atoms with van der Waals surface area (Å²) >= 11 is 10.3. The first-order valence-corrected chi connectivity index (χ1v) is 10.2. The van der Waals surface area contributed by atoms with E-state index >= 15 is 0 Å². The summed E-state index contributed by atoms with van der Waals surface area (Å²) in [5.41, 5.74) is 1.88. The number of hydrogen-bond acceptors (Lipinski definition) is 4. The third kappa shape index (κ3) is 3.09. The Morgan fingerprint density at radius 2 is 2.07 bits per heavy atom. The number of rotatable bonds is 3. The van der Waals surface area contributed by atoms with Crippen molar-refractivity contribution in [1.29, 1.82) is 5.26 Å². The molecule has 2 atom stereocenters. The number of nitriles is 1. The summed E-state index contributed by atoms with van der Waals surface area (Å²) in [5.74, 6) is 1.80. The van der Waals surface area contributed by atoms with Crippen LogP contribution in [0.15, 0.2) is 34.9 Å². The Balaban J connectivity index is 1.72. The van der Waals surface area contributed by atoms with Crippen LogP contribution in [0.4, 0.5) is 5.82 Å². The predicted octanol–water partition coefficient (Wildman–Crippen LogP) is 5.48. The van der Waals surface area contributed by atoms with Gasteiger partial charge < -0.3 is 9.64 Å². The highest BCUT2D eigenvalue weighted by atomic mass is 79.9. The van der Waals surface area contributed by atoms with Crippen molar-refractivity contribution in [2.45, 2.75) is 38.1 Å². The fourth-order valence-corrected chi connectivity index (χ4v) is 5.28. The van der Waals surface area contributed by atoms with Gasteiger partial charge in [0.15, 0.2) is 0 Å². The SMILES string of the molecule is COc1ccc(CN2CC3(CCC(C)(C#N)C3)c3c2ncc(Br)c3Cl)cc1. The minimum Gasteiger partial charge on any atom is -0.497 e. The van der Waals surface area contributed by atoms with Crippen molar-refractivity contribution in [3.63, 3.8) is 0 Å². The Bertz CT molecular complexity index is 926. The largest absolute Gasteiger partial charge is 0.497 e. The number of fused-ring (bicyclic) bond motifs is 2. The van der Waals surface area contributed by atoms with Crippen molar-refractivity contribution in [1.82, 2.24) is 4.98 Å². The number of pyridine rings is 1. The molecule has 1 aromatic carbocycles. The number of benzene rings is 1. The predicted molar refractivity (Wildman–Crippen MR) is 110 cm³/mol. The summed E-state index contributed by atoms with van der Waals surface area (Å²) < 4.78 is 6.08. The molecule has 0 radical (unpaired) electrons. The summed E-state index contributed by atoms with van der Waals surface area (Å²) in [5, 5.41) is 10.4. The zero-order valence-corrected chi connectivity index (χ0v) is 17.8. The molecule has 1 saturated carbocycles. The van der Waals surface area contributed by atoms with E-state index < -0.39 is 0 Å². The third-order valence-electron chi connectivity index (χ3n) is 5.96. The van der Waals surface area contributed by atoms with Crippen molar-refractivity contribution in [3.8, 4) is 11.8 Å². The molecule has 4 rings (SSSR count). The van der Waals surface area contributed by atoms with E-state index in [2.05, 4.69) is 46.0 Å². The highest BCUT2D eigenvalue weighted by molar-refractivity contribution is 9.10. The van der Waals surface area contributed by atoms with E-state index in [4.69, 9.17) is 21.3 Å². The molecule has 140 valence electrons. The van der Waals surface area contributed by atoms with Gasteiger partial charge in [0.05, 0.1) is 28.1 Å². The molecule has 0 N–H and O–H groups in total. The zero-order chi connectivity index (χ0) is 19.2. The molecular formula is C21H21BrClN3O. The summed E-state index contributed by atoms with van der Waals surface area (Å²) in [6.07, 6.45) is 4.45. The molecule has 2 aromatic rings. The van der Waals surface area contributed by atoms with E-state index in [9.17, 15) is 5.26 Å². The van der Waals surface area contributed by atoms with Gasteiger partial charge in [-0.15, -0.1) is 0 Å². The quantitative estimate of drug-likeness (QED) is 0.626. The van der Waals surface area contributed by atoms with Crippen LogP contribution in [0.2, 0.25) is 5.02 Å². The first-order chi connectivity index (χ1) is 12.9. The first-order valence-electron chi connectivity index (χ1n) is 9.03. The summed E-state index contributed by atoms with van der Waals surface area (Å²) in [7, 11) is 1.67. The van der Waals surface area contributed by atoms with Crippen molar-refractivity contribution in [3.05, 3.63) is 51.1 Å². The molecule has 4 nitrogen and oxygen atoms in total. The van der Waals surface area contributed by atoms with Crippen molar-refractivity contribution < 1.29 is 4.74 Å². The second kappa shape index (κ2) is 6.68. The van der Waals surface area contributed by atoms with Gasteiger partial charge in [-0.3, -0.25) is 0 Å². The van der Waals surface area contributed by atoms with Gasteiger partial charge in [0.2, 0.25) is 0 Å². The second-order valence-corrected chi connectivity index (χ2v) is 9.18. The third-order valence-corrected chi connectivity index (χ3v) is 7.18. The van der Waals surface area contributed by atoms with Crippen LogP contribution in [0.5, 0.6) is 5.75 Å². The molecule has 1 spiro atoms. The Kier molecular flexibility index (Phi) is 4.60. The average Bonchev–Trinajstić information content (AvgIpc) is 3.17. The molecule has 2 unspecified atom stereocenters. The summed E-state index contributed by atoms with van der Waals surface area (Å²) in [4.78, 5) is 7.01. The summed E-state index contributed by atoms with van der Waals surface area (Å²) in [6.45, 7) is 3.66. The van der Waals surface area contributed by atoms with Gasteiger partial charge >= 0.3 is 0 Å². The van der Waals surface area contributed by atoms with Crippen LogP contribution in [-0.2, 0) is 12.0 Å². The van der Waals surface area contributed by atoms with E-state index in [1.807, 2.05) is 12.1 Å². The van der Waals surface area contributed by atoms with Gasteiger partial charge in [-0.05, 0) is 59.8 Å². The lowest BCUT2D eigenvalue weighted by atomic mass is 9.78. The highest BCUT2D eigenvalue weighted by Gasteiger charge is 2.53. The average molecular weight is 447 g/mol. The highest BCUT2D eigenvalue weighted by Crippen LogP contribution is 2.58. The molecule has 0 saturated heterocycles. The van der Waals surface area contributed by atoms with Crippen LogP contribution in [-0.4, -0.2) is 18.6 Å². The van der Waals surface area contributed by atoms with Crippen LogP contribution in [0.25, 0.3) is 0 Å². The number of aromatic nitrogens is 1. The topological polar surface area (TPSA) is 49.1 Å². The maximum absolute atomic E-state index is 9.66. The standard InChI is InChI=1S/C21H21BrClN3O/c1-20(12-24)7-8-21(11-20)13-26(10-14-3-5-15(27-2)6-4-14)19-17(21)18(23)16(22)9-25-19/h3-6,9H,7-8,10-11,13H2,1-2H3. The van der Waals surface area contributed by atoms with Gasteiger partial charge in [-0.25, -0.2) is 4.98 Å². The molecule has 6 heteroatoms. The van der Waals surface area contributed by atoms with Crippen LogP contribution >= 0.6 is 27.5 Å². The molecular weight excluding hydrogens is 426 g/mol. The monoisotopic (exact) mass is 445 g/mol. The number of anilines is 1. The number of ether oxygens (including phenoxy) is 1. The van der Waals surface area contributed by atoms with Gasteiger partial charge in [-0.2, -0.15) is 5.26 Å². The molecule has 0 bridgehead atoms. The molecule has 0 amide bonds. The Morgan fingerprint density at radius 1 is 1.33 bits per heavy atom. The number of hydrogen-bond donors (Lipinski definition) is 0. The summed E-state index contributed by atoms with van der Waals surface area (Å²) in [6, 6.07) is 10.6. The van der Waals surface area contributed by atoms with Crippen LogP contribution in [0.1, 0.15) is 37.3 Å². The number of nitrogens with zero attached hydrogens (tertiary/aromatic N) is 3. The number of methoxy groups -OCH3 is 1. The smallest absolute Gasteiger partial charge is 0.134 e. The van der Waals surface area contributed by atoms with E-state index in [1.165, 1.54) is 5.56 Å². The van der Waals surface area contributed by atoms with Crippen molar-refractivity contribution >= 4 is 33.3 Å². The maximum atomic E-state index is 9.66. The fourth-order valence-electron chi connectivity index (χ4n) is 4.65. The Labute approximate surface area is 173 Å². The normalized spacial score (nSPS) is 26.3. The van der Waals surface area contributed by atoms with Crippen molar-refractivity contribution in [2.75, 3.05) is 18.6 Å². The van der Waals surface area contributed by atoms with Gasteiger partial charge in [0, 0.05) is 30.3 Å². The zero-order valence-electron chi connectivity index (χ0n) is 15.4. The maximum Gasteiger partial charge on any atom is 0.134 e. The fraction of sp³-hybridized carbons (Fsp3) is 0.429. The first kappa shape index (κ1) is 18.6. The van der Waals surface area contributed by atoms with Gasteiger partial charge in [0.25, 0.3) is 0 Å².